The average Bonchev–Trinajstić information content (AvgIpc) is 1.67. The van der Waals surface area contributed by atoms with Gasteiger partial charge in [-0.25, -0.2) is 0 Å². The summed E-state index contributed by atoms with van der Waals surface area (Å²) >= 11 is 0. The van der Waals surface area contributed by atoms with Crippen LogP contribution < -0.4 is 30.5 Å². The Bertz CT molecular complexity index is 6150. The Balaban J connectivity index is 0.804. The fourth-order valence-electron chi connectivity index (χ4n) is 16.7. The number of rotatable bonds is 12. The summed E-state index contributed by atoms with van der Waals surface area (Å²) < 4.78 is 15.0. The Kier molecular flexibility index (Phi) is 13.5. The molecule has 0 bridgehead atoms. The van der Waals surface area contributed by atoms with Crippen LogP contribution in [-0.4, -0.2) is 8.07 Å². The van der Waals surface area contributed by atoms with E-state index in [9.17, 15) is 0 Å². The number of anilines is 6. The van der Waals surface area contributed by atoms with Crippen molar-refractivity contribution in [3.63, 3.8) is 0 Å². The van der Waals surface area contributed by atoms with Crippen LogP contribution in [0.3, 0.4) is 0 Å². The van der Waals surface area contributed by atoms with E-state index < -0.39 is 13.5 Å². The lowest BCUT2D eigenvalue weighted by atomic mass is 9.81. The molecule has 0 fully saturated rings. The second-order valence-electron chi connectivity index (χ2n) is 27.0. The van der Waals surface area contributed by atoms with Gasteiger partial charge in [-0.15, -0.1) is 0 Å². The third-order valence-corrected chi connectivity index (χ3v) is 26.1. The van der Waals surface area contributed by atoms with Gasteiger partial charge in [-0.1, -0.05) is 305 Å². The van der Waals surface area contributed by atoms with Gasteiger partial charge in [-0.2, -0.15) is 0 Å². The molecule has 0 unspecified atom stereocenters. The van der Waals surface area contributed by atoms with E-state index in [1.807, 2.05) is 0 Å². The van der Waals surface area contributed by atoms with Crippen molar-refractivity contribution in [2.75, 3.05) is 9.80 Å². The summed E-state index contributed by atoms with van der Waals surface area (Å²) in [6.07, 6.45) is 0. The Morgan fingerprint density at radius 2 is 0.687 bits per heavy atom. The molecule has 0 spiro atoms. The minimum atomic E-state index is -3.00. The van der Waals surface area contributed by atoms with Gasteiger partial charge in [0, 0.05) is 60.5 Å². The summed E-state index contributed by atoms with van der Waals surface area (Å²) in [6, 6.07) is 128. The molecule has 0 saturated heterocycles. The summed E-state index contributed by atoms with van der Waals surface area (Å²) in [7, 11) is -3.00. The quantitative estimate of drug-likeness (QED) is 0.0901. The third-order valence-electron chi connectivity index (χ3n) is 21.3. The van der Waals surface area contributed by atoms with Crippen LogP contribution in [0.2, 0.25) is 0 Å². The van der Waals surface area contributed by atoms with Crippen molar-refractivity contribution in [2.45, 2.75) is 26.2 Å². The van der Waals surface area contributed by atoms with Crippen LogP contribution >= 0.6 is 0 Å². The van der Waals surface area contributed by atoms with Crippen molar-refractivity contribution in [1.82, 2.24) is 0 Å². The topological polar surface area (TPSA) is 32.8 Å². The second-order valence-corrected chi connectivity index (χ2v) is 30.8. The van der Waals surface area contributed by atoms with Crippen molar-refractivity contribution >= 4 is 139 Å². The van der Waals surface area contributed by atoms with Crippen LogP contribution in [0.25, 0.3) is 110 Å². The molecule has 5 heteroatoms. The monoisotopic (exact) mass is 1280 g/mol. The van der Waals surface area contributed by atoms with Crippen molar-refractivity contribution in [1.29, 1.82) is 0 Å². The lowest BCUT2D eigenvalue weighted by Crippen LogP contribution is -2.75. The average molecular weight is 1280 g/mol. The normalized spacial score (nSPS) is 12.7. The molecule has 0 amide bonds. The molecule has 0 atom stereocenters. The third kappa shape index (κ3) is 9.04. The largest absolute Gasteiger partial charge is 0.453 e. The summed E-state index contributed by atoms with van der Waals surface area (Å²) in [5.74, 6) is 0. The van der Waals surface area contributed by atoms with Gasteiger partial charge in [0.05, 0.1) is 17.1 Å². The summed E-state index contributed by atoms with van der Waals surface area (Å²) in [6.45, 7) is 7.01. The SMILES string of the molecule is Cc1ccccc1-c1cccc2c1oc1c(N(c3ccc4c(c3)C(C)(C)c3cc(N(c5ccc6ccccc6c5)c5cccc6c5oc5c(-c7ccccc7[Si](c7ccccc7)(c7ccccc7)c7ccccc7)cccc56)c5ccccc5c3-4)c3ccc4ccccc4c3)cccc12. The van der Waals surface area contributed by atoms with Gasteiger partial charge in [0.15, 0.2) is 19.2 Å². The molecular weight excluding hydrogens is 1220 g/mol. The van der Waals surface area contributed by atoms with E-state index in [1.54, 1.807) is 0 Å². The molecule has 19 rings (SSSR count). The van der Waals surface area contributed by atoms with Crippen molar-refractivity contribution in [2.24, 2.45) is 0 Å². The number of benzene rings is 16. The Morgan fingerprint density at radius 3 is 1.26 bits per heavy atom. The highest BCUT2D eigenvalue weighted by Gasteiger charge is 2.44. The number of para-hydroxylation sites is 4. The number of aryl methyl sites for hydroxylation is 1. The van der Waals surface area contributed by atoms with E-state index in [4.69, 9.17) is 8.83 Å². The Hall–Kier alpha value is -12.3. The van der Waals surface area contributed by atoms with Gasteiger partial charge in [-0.3, -0.25) is 0 Å². The zero-order valence-electron chi connectivity index (χ0n) is 55.1. The zero-order chi connectivity index (χ0) is 65.9. The van der Waals surface area contributed by atoms with E-state index in [0.717, 1.165) is 105 Å². The van der Waals surface area contributed by atoms with Crippen LogP contribution in [0, 0.1) is 6.92 Å². The number of fused-ring (bicyclic) bond motifs is 13. The van der Waals surface area contributed by atoms with E-state index in [1.165, 1.54) is 75.7 Å². The first-order chi connectivity index (χ1) is 48.8. The molecule has 99 heavy (non-hydrogen) atoms. The number of nitrogens with zero attached hydrogens (tertiary/aromatic N) is 2. The lowest BCUT2D eigenvalue weighted by molar-refractivity contribution is 0.660. The van der Waals surface area contributed by atoms with E-state index >= 15 is 0 Å². The summed E-state index contributed by atoms with van der Waals surface area (Å²) in [4.78, 5) is 4.90. The minimum absolute atomic E-state index is 0.469. The Labute approximate surface area is 576 Å². The van der Waals surface area contributed by atoms with Crippen molar-refractivity contribution in [3.05, 3.63) is 362 Å². The Morgan fingerprint density at radius 1 is 0.273 bits per heavy atom. The highest BCUT2D eigenvalue weighted by Crippen LogP contribution is 2.57. The first-order valence-corrected chi connectivity index (χ1v) is 36.3. The maximum Gasteiger partial charge on any atom is 0.180 e. The molecule has 468 valence electrons. The smallest absolute Gasteiger partial charge is 0.180 e. The fraction of sp³-hybridized carbons (Fsp3) is 0.0426. The first-order valence-electron chi connectivity index (χ1n) is 34.3. The molecule has 0 N–H and O–H groups in total. The van der Waals surface area contributed by atoms with Gasteiger partial charge in [0.25, 0.3) is 0 Å². The highest BCUT2D eigenvalue weighted by molar-refractivity contribution is 7.20. The zero-order valence-corrected chi connectivity index (χ0v) is 56.1. The molecule has 1 aliphatic carbocycles. The first kappa shape index (κ1) is 58.1. The molecule has 0 radical (unpaired) electrons. The van der Waals surface area contributed by atoms with Gasteiger partial charge in [-0.05, 0) is 148 Å². The van der Waals surface area contributed by atoms with Gasteiger partial charge < -0.3 is 18.6 Å². The van der Waals surface area contributed by atoms with Gasteiger partial charge in [0.1, 0.15) is 11.2 Å². The highest BCUT2D eigenvalue weighted by atomic mass is 28.3. The van der Waals surface area contributed by atoms with Crippen LogP contribution in [0.5, 0.6) is 0 Å². The predicted molar refractivity (Wildman–Crippen MR) is 420 cm³/mol. The molecule has 0 saturated carbocycles. The van der Waals surface area contributed by atoms with Crippen molar-refractivity contribution in [3.8, 4) is 33.4 Å². The molecule has 0 aliphatic heterocycles. The minimum Gasteiger partial charge on any atom is -0.453 e. The summed E-state index contributed by atoms with van der Waals surface area (Å²) in [5.41, 5.74) is 19.7. The number of hydrogen-bond donors (Lipinski definition) is 0. The van der Waals surface area contributed by atoms with Gasteiger partial charge in [0.2, 0.25) is 0 Å². The van der Waals surface area contributed by atoms with Gasteiger partial charge >= 0.3 is 0 Å². The maximum absolute atomic E-state index is 7.73. The number of furan rings is 2. The van der Waals surface area contributed by atoms with Crippen LogP contribution in [0.1, 0.15) is 30.5 Å². The molecular formula is C94H66N2O2Si. The second kappa shape index (κ2) is 23.0. The molecule has 4 nitrogen and oxygen atoms in total. The van der Waals surface area contributed by atoms with Crippen LogP contribution in [0.15, 0.2) is 355 Å². The molecule has 2 aromatic heterocycles. The van der Waals surface area contributed by atoms with Crippen LogP contribution in [-0.2, 0) is 5.41 Å². The lowest BCUT2D eigenvalue weighted by Gasteiger charge is -2.36. The molecule has 1 aliphatic rings. The fourth-order valence-corrected chi connectivity index (χ4v) is 21.7. The molecule has 2 heterocycles. The number of hydrogen-bond acceptors (Lipinski definition) is 4. The standard InChI is InChI=1S/C94H66N2O2Si/c1-61-27-13-18-38-72(61)76-42-23-44-78-80-46-25-48-85(92(80)97-90(76)78)95(66-53-51-62-28-14-16-30-64(62)57-66)68-55-56-82-83(59-68)94(2,3)84-60-87(73-39-19-20-41-75(73)89(82)84)96(67-54-52-63-29-15-17-31-65(63)58-67)86-49-26-47-81-79-45-24-43-77(91(79)98-93(81)86)74-40-21-22-50-88(74)99(69-32-7-4-8-33-69,70-34-9-5-10-35-70)71-36-11-6-12-37-71/h4-60H,1-3H3. The van der Waals surface area contributed by atoms with E-state index in [0.29, 0.717) is 0 Å². The molecule has 16 aromatic carbocycles. The van der Waals surface area contributed by atoms with E-state index in [-0.39, 0.29) is 0 Å². The maximum atomic E-state index is 7.73. The predicted octanol–water partition coefficient (Wildman–Crippen LogP) is 23.2. The molecule has 18 aromatic rings. The summed E-state index contributed by atoms with van der Waals surface area (Å²) in [5, 5.41) is 16.6. The van der Waals surface area contributed by atoms with E-state index in [2.05, 4.69) is 376 Å². The van der Waals surface area contributed by atoms with Crippen LogP contribution in [0.4, 0.5) is 34.1 Å². The van der Waals surface area contributed by atoms with Crippen molar-refractivity contribution < 1.29 is 8.83 Å².